The molecule has 0 spiro atoms. The highest BCUT2D eigenvalue weighted by molar-refractivity contribution is 5.68. The SMILES string of the molecule is CN(C(=O)OC(C)(C)C)[C@@H]1C[C@H]1OC1CCCCO1. The maximum Gasteiger partial charge on any atom is 0.410 e. The Labute approximate surface area is 115 Å². The van der Waals surface area contributed by atoms with Gasteiger partial charge in [-0.3, -0.25) is 0 Å². The van der Waals surface area contributed by atoms with Crippen LogP contribution < -0.4 is 0 Å². The summed E-state index contributed by atoms with van der Waals surface area (Å²) in [5.41, 5.74) is -0.455. The van der Waals surface area contributed by atoms with Crippen molar-refractivity contribution in [2.75, 3.05) is 13.7 Å². The molecular weight excluding hydrogens is 246 g/mol. The normalized spacial score (nSPS) is 30.8. The fraction of sp³-hybridized carbons (Fsp3) is 0.929. The van der Waals surface area contributed by atoms with Crippen molar-refractivity contribution in [3.63, 3.8) is 0 Å². The van der Waals surface area contributed by atoms with E-state index in [4.69, 9.17) is 14.2 Å². The summed E-state index contributed by atoms with van der Waals surface area (Å²) in [6, 6.07) is 0.125. The summed E-state index contributed by atoms with van der Waals surface area (Å²) in [6.45, 7) is 6.39. The van der Waals surface area contributed by atoms with Crippen LogP contribution in [0.1, 0.15) is 46.5 Å². The van der Waals surface area contributed by atoms with E-state index >= 15 is 0 Å². The number of rotatable bonds is 3. The Balaban J connectivity index is 1.73. The summed E-state index contributed by atoms with van der Waals surface area (Å²) < 4.78 is 16.7. The zero-order valence-electron chi connectivity index (χ0n) is 12.3. The molecule has 5 heteroatoms. The van der Waals surface area contributed by atoms with E-state index in [-0.39, 0.29) is 24.5 Å². The van der Waals surface area contributed by atoms with Crippen LogP contribution >= 0.6 is 0 Å². The van der Waals surface area contributed by atoms with Gasteiger partial charge in [0.05, 0.1) is 12.1 Å². The van der Waals surface area contributed by atoms with Gasteiger partial charge in [-0.2, -0.15) is 0 Å². The number of hydrogen-bond donors (Lipinski definition) is 0. The maximum atomic E-state index is 11.9. The second-order valence-electron chi connectivity index (χ2n) is 6.36. The molecule has 2 fully saturated rings. The second-order valence-corrected chi connectivity index (χ2v) is 6.36. The third-order valence-electron chi connectivity index (χ3n) is 3.34. The van der Waals surface area contributed by atoms with Gasteiger partial charge in [-0.15, -0.1) is 0 Å². The monoisotopic (exact) mass is 271 g/mol. The molecule has 1 unspecified atom stereocenters. The molecule has 1 saturated carbocycles. The van der Waals surface area contributed by atoms with Gasteiger partial charge in [0.1, 0.15) is 5.60 Å². The molecule has 0 radical (unpaired) electrons. The quantitative estimate of drug-likeness (QED) is 0.791. The Morgan fingerprint density at radius 1 is 1.32 bits per heavy atom. The molecule has 1 saturated heterocycles. The molecule has 1 amide bonds. The lowest BCUT2D eigenvalue weighted by molar-refractivity contribution is -0.171. The van der Waals surface area contributed by atoms with E-state index in [1.165, 1.54) is 0 Å². The van der Waals surface area contributed by atoms with Crippen LogP contribution in [0.5, 0.6) is 0 Å². The first kappa shape index (κ1) is 14.6. The smallest absolute Gasteiger partial charge is 0.410 e. The average molecular weight is 271 g/mol. The highest BCUT2D eigenvalue weighted by Gasteiger charge is 2.46. The number of hydrogen-bond acceptors (Lipinski definition) is 4. The molecular formula is C14H25NO4. The topological polar surface area (TPSA) is 48.0 Å². The highest BCUT2D eigenvalue weighted by atomic mass is 16.7. The van der Waals surface area contributed by atoms with E-state index in [0.717, 1.165) is 32.3 Å². The third kappa shape index (κ3) is 4.35. The van der Waals surface area contributed by atoms with Crippen LogP contribution in [-0.2, 0) is 14.2 Å². The van der Waals surface area contributed by atoms with Crippen molar-refractivity contribution in [3.8, 4) is 0 Å². The van der Waals surface area contributed by atoms with E-state index in [1.54, 1.807) is 11.9 Å². The molecule has 2 aliphatic rings. The maximum absolute atomic E-state index is 11.9. The molecule has 110 valence electrons. The molecule has 2 rings (SSSR count). The van der Waals surface area contributed by atoms with Crippen LogP contribution in [0.2, 0.25) is 0 Å². The number of amides is 1. The van der Waals surface area contributed by atoms with Crippen molar-refractivity contribution < 1.29 is 19.0 Å². The minimum absolute atomic E-state index is 0.0872. The van der Waals surface area contributed by atoms with Crippen molar-refractivity contribution in [2.45, 2.75) is 70.5 Å². The molecule has 5 nitrogen and oxygen atoms in total. The lowest BCUT2D eigenvalue weighted by Crippen LogP contribution is -2.37. The van der Waals surface area contributed by atoms with Gasteiger partial charge in [-0.1, -0.05) is 0 Å². The fourth-order valence-electron chi connectivity index (χ4n) is 2.20. The van der Waals surface area contributed by atoms with Crippen molar-refractivity contribution in [3.05, 3.63) is 0 Å². The van der Waals surface area contributed by atoms with Gasteiger partial charge >= 0.3 is 6.09 Å². The summed E-state index contributed by atoms with van der Waals surface area (Å²) >= 11 is 0. The Morgan fingerprint density at radius 3 is 2.63 bits per heavy atom. The van der Waals surface area contributed by atoms with Crippen LogP contribution in [0.4, 0.5) is 4.79 Å². The highest BCUT2D eigenvalue weighted by Crippen LogP contribution is 2.33. The summed E-state index contributed by atoms with van der Waals surface area (Å²) in [5, 5.41) is 0. The van der Waals surface area contributed by atoms with Crippen molar-refractivity contribution >= 4 is 6.09 Å². The van der Waals surface area contributed by atoms with E-state index in [1.807, 2.05) is 20.8 Å². The van der Waals surface area contributed by atoms with Gasteiger partial charge in [-0.05, 0) is 46.5 Å². The summed E-state index contributed by atoms with van der Waals surface area (Å²) in [5.74, 6) is 0. The van der Waals surface area contributed by atoms with Crippen LogP contribution in [0.25, 0.3) is 0 Å². The van der Waals surface area contributed by atoms with Crippen molar-refractivity contribution in [2.24, 2.45) is 0 Å². The van der Waals surface area contributed by atoms with Crippen molar-refractivity contribution in [1.29, 1.82) is 0 Å². The van der Waals surface area contributed by atoms with Gasteiger partial charge in [0.2, 0.25) is 0 Å². The largest absolute Gasteiger partial charge is 0.444 e. The first-order valence-electron chi connectivity index (χ1n) is 7.10. The summed E-state index contributed by atoms with van der Waals surface area (Å²) in [7, 11) is 1.77. The molecule has 1 heterocycles. The first-order chi connectivity index (χ1) is 8.87. The van der Waals surface area contributed by atoms with Gasteiger partial charge in [0, 0.05) is 13.7 Å². The van der Waals surface area contributed by atoms with Crippen LogP contribution in [0.15, 0.2) is 0 Å². The molecule has 19 heavy (non-hydrogen) atoms. The molecule has 1 aliphatic heterocycles. The second kappa shape index (κ2) is 5.67. The minimum Gasteiger partial charge on any atom is -0.444 e. The standard InChI is InChI=1S/C14H25NO4/c1-14(2,3)19-13(16)15(4)10-9-11(10)18-12-7-5-6-8-17-12/h10-12H,5-9H2,1-4H3/t10-,11-,12?/m1/s1. The van der Waals surface area contributed by atoms with Gasteiger partial charge in [0.15, 0.2) is 6.29 Å². The Kier molecular flexibility index (Phi) is 4.36. The Morgan fingerprint density at radius 2 is 2.05 bits per heavy atom. The lowest BCUT2D eigenvalue weighted by Gasteiger charge is -2.26. The van der Waals surface area contributed by atoms with E-state index in [2.05, 4.69) is 0 Å². The van der Waals surface area contributed by atoms with E-state index in [9.17, 15) is 4.79 Å². The number of carbonyl (C=O) groups is 1. The lowest BCUT2D eigenvalue weighted by atomic mass is 10.2. The zero-order valence-corrected chi connectivity index (χ0v) is 12.3. The Bertz CT molecular complexity index is 320. The fourth-order valence-corrected chi connectivity index (χ4v) is 2.20. The molecule has 0 aromatic rings. The molecule has 0 aromatic heterocycles. The van der Waals surface area contributed by atoms with Crippen LogP contribution in [0, 0.1) is 0 Å². The molecule has 0 N–H and O–H groups in total. The predicted octanol–water partition coefficient (Wildman–Crippen LogP) is 2.54. The molecule has 3 atom stereocenters. The zero-order chi connectivity index (χ0) is 14.0. The third-order valence-corrected chi connectivity index (χ3v) is 3.34. The van der Waals surface area contributed by atoms with Crippen LogP contribution in [-0.4, -0.2) is 48.7 Å². The number of ether oxygens (including phenoxy) is 3. The molecule has 0 bridgehead atoms. The number of carbonyl (C=O) groups excluding carboxylic acids is 1. The first-order valence-corrected chi connectivity index (χ1v) is 7.10. The number of likely N-dealkylation sites (N-methyl/N-ethyl adjacent to an activating group) is 1. The molecule has 0 aromatic carbocycles. The average Bonchev–Trinajstić information content (AvgIpc) is 3.06. The summed E-state index contributed by atoms with van der Waals surface area (Å²) in [6.07, 6.45) is 3.83. The predicted molar refractivity (Wildman–Crippen MR) is 70.9 cm³/mol. The van der Waals surface area contributed by atoms with Gasteiger partial charge < -0.3 is 19.1 Å². The van der Waals surface area contributed by atoms with E-state index in [0.29, 0.717) is 0 Å². The van der Waals surface area contributed by atoms with Gasteiger partial charge in [0.25, 0.3) is 0 Å². The molecule has 1 aliphatic carbocycles. The minimum atomic E-state index is -0.455. The number of nitrogens with zero attached hydrogens (tertiary/aromatic N) is 1. The van der Waals surface area contributed by atoms with Crippen LogP contribution in [0.3, 0.4) is 0 Å². The van der Waals surface area contributed by atoms with Crippen molar-refractivity contribution in [1.82, 2.24) is 4.90 Å². The van der Waals surface area contributed by atoms with E-state index < -0.39 is 5.60 Å². The van der Waals surface area contributed by atoms with Gasteiger partial charge in [-0.25, -0.2) is 4.79 Å². The Hall–Kier alpha value is -0.810. The summed E-state index contributed by atoms with van der Waals surface area (Å²) in [4.78, 5) is 13.5.